The average Bonchev–Trinajstić information content (AvgIpc) is 3.12. The van der Waals surface area contributed by atoms with Gasteiger partial charge in [-0.2, -0.15) is 0 Å². The predicted octanol–water partition coefficient (Wildman–Crippen LogP) is 3.75. The minimum Gasteiger partial charge on any atom is -0.368 e. The Labute approximate surface area is 141 Å². The summed E-state index contributed by atoms with van der Waals surface area (Å²) >= 11 is 0. The van der Waals surface area contributed by atoms with Crippen LogP contribution in [0.5, 0.6) is 0 Å². The molecule has 0 radical (unpaired) electrons. The maximum Gasteiger partial charge on any atom is 0.253 e. The number of nitrogens with one attached hydrogen (secondary N) is 2. The summed E-state index contributed by atoms with van der Waals surface area (Å²) in [6.45, 7) is 2.20. The molecule has 0 saturated carbocycles. The van der Waals surface area contributed by atoms with Crippen molar-refractivity contribution < 1.29 is 14.3 Å². The summed E-state index contributed by atoms with van der Waals surface area (Å²) < 4.78 is 5.37. The van der Waals surface area contributed by atoms with Crippen molar-refractivity contribution in [2.45, 2.75) is 25.9 Å². The molecule has 1 fully saturated rings. The van der Waals surface area contributed by atoms with Gasteiger partial charge in [0.25, 0.3) is 5.91 Å². The van der Waals surface area contributed by atoms with Crippen LogP contribution in [0.4, 0.5) is 17.1 Å². The maximum absolute atomic E-state index is 12.0. The van der Waals surface area contributed by atoms with E-state index in [1.165, 1.54) is 0 Å². The van der Waals surface area contributed by atoms with Crippen LogP contribution in [0, 0.1) is 0 Å². The van der Waals surface area contributed by atoms with E-state index in [9.17, 15) is 9.59 Å². The molecule has 1 heterocycles. The molecule has 2 aromatic rings. The lowest BCUT2D eigenvalue weighted by Gasteiger charge is -2.11. The van der Waals surface area contributed by atoms with Crippen molar-refractivity contribution in [3.8, 4) is 0 Å². The Hall–Kier alpha value is -2.66. The Morgan fingerprint density at radius 3 is 2.08 bits per heavy atom. The van der Waals surface area contributed by atoms with Crippen LogP contribution >= 0.6 is 0 Å². The number of hydrogen-bond acceptors (Lipinski definition) is 4. The summed E-state index contributed by atoms with van der Waals surface area (Å²) in [4.78, 5) is 23.3. The molecule has 0 aliphatic carbocycles. The number of carbonyl (C=O) groups is 2. The van der Waals surface area contributed by atoms with Crippen LogP contribution in [0.1, 0.15) is 30.1 Å². The van der Waals surface area contributed by atoms with Gasteiger partial charge in [0.05, 0.1) is 0 Å². The van der Waals surface area contributed by atoms with Gasteiger partial charge in [-0.25, -0.2) is 0 Å². The molecular weight excluding hydrogens is 304 g/mol. The second-order valence-electron chi connectivity index (χ2n) is 5.83. The van der Waals surface area contributed by atoms with E-state index in [-0.39, 0.29) is 17.8 Å². The number of ether oxygens (including phenoxy) is 1. The van der Waals surface area contributed by atoms with Crippen LogP contribution in [0.2, 0.25) is 0 Å². The van der Waals surface area contributed by atoms with Crippen LogP contribution in [0.3, 0.4) is 0 Å². The molecule has 5 heteroatoms. The third kappa shape index (κ3) is 4.00. The molecular formula is C19H20N2O3. The minimum absolute atomic E-state index is 0.0490. The number of ketones is 1. The zero-order chi connectivity index (χ0) is 16.9. The Balaban J connectivity index is 1.59. The van der Waals surface area contributed by atoms with E-state index in [0.717, 1.165) is 29.9 Å². The van der Waals surface area contributed by atoms with E-state index in [1.807, 2.05) is 36.4 Å². The number of anilines is 3. The third-order valence-corrected chi connectivity index (χ3v) is 3.95. The first-order valence-corrected chi connectivity index (χ1v) is 8.02. The molecule has 2 N–H and O–H groups in total. The lowest BCUT2D eigenvalue weighted by molar-refractivity contribution is -0.124. The zero-order valence-electron chi connectivity index (χ0n) is 13.5. The molecule has 1 aliphatic rings. The molecule has 1 saturated heterocycles. The molecule has 3 rings (SSSR count). The number of benzene rings is 2. The van der Waals surface area contributed by atoms with Gasteiger partial charge in [-0.05, 0) is 68.3 Å². The second-order valence-corrected chi connectivity index (χ2v) is 5.83. The SMILES string of the molecule is CC(=O)c1ccc(Nc2ccc(NC(=O)C3CCCO3)cc2)cc1. The highest BCUT2D eigenvalue weighted by Crippen LogP contribution is 2.20. The van der Waals surface area contributed by atoms with Crippen molar-refractivity contribution >= 4 is 28.8 Å². The normalized spacial score (nSPS) is 16.6. The van der Waals surface area contributed by atoms with Crippen molar-refractivity contribution in [3.05, 3.63) is 54.1 Å². The molecule has 124 valence electrons. The Bertz CT molecular complexity index is 717. The number of Topliss-reactive ketones (excluding diaryl/α,β-unsaturated/α-hetero) is 1. The van der Waals surface area contributed by atoms with E-state index in [4.69, 9.17) is 4.74 Å². The standard InChI is InChI=1S/C19H20N2O3/c1-13(22)14-4-6-15(7-5-14)20-16-8-10-17(11-9-16)21-19(23)18-3-2-12-24-18/h4-11,18,20H,2-3,12H2,1H3,(H,21,23). The molecule has 1 aliphatic heterocycles. The van der Waals surface area contributed by atoms with Crippen LogP contribution in [0.25, 0.3) is 0 Å². The molecule has 0 spiro atoms. The van der Waals surface area contributed by atoms with E-state index in [0.29, 0.717) is 12.2 Å². The number of carbonyl (C=O) groups excluding carboxylic acids is 2. The fourth-order valence-corrected chi connectivity index (χ4v) is 2.60. The number of rotatable bonds is 5. The smallest absolute Gasteiger partial charge is 0.253 e. The summed E-state index contributed by atoms with van der Waals surface area (Å²) in [5.74, 6) is -0.0408. The van der Waals surface area contributed by atoms with Crippen LogP contribution in [-0.2, 0) is 9.53 Å². The summed E-state index contributed by atoms with van der Waals surface area (Å²) in [5.41, 5.74) is 3.23. The molecule has 1 unspecified atom stereocenters. The molecule has 0 bridgehead atoms. The van der Waals surface area contributed by atoms with Crippen molar-refractivity contribution in [1.82, 2.24) is 0 Å². The summed E-state index contributed by atoms with van der Waals surface area (Å²) in [7, 11) is 0. The van der Waals surface area contributed by atoms with Gasteiger partial charge in [-0.1, -0.05) is 0 Å². The fourth-order valence-electron chi connectivity index (χ4n) is 2.60. The lowest BCUT2D eigenvalue weighted by Crippen LogP contribution is -2.26. The first-order chi connectivity index (χ1) is 11.6. The number of amides is 1. The summed E-state index contributed by atoms with van der Waals surface area (Å²) in [5, 5.41) is 6.12. The first-order valence-electron chi connectivity index (χ1n) is 8.02. The monoisotopic (exact) mass is 324 g/mol. The quantitative estimate of drug-likeness (QED) is 0.822. The molecule has 0 aromatic heterocycles. The molecule has 1 atom stereocenters. The van der Waals surface area contributed by atoms with Crippen LogP contribution in [-0.4, -0.2) is 24.4 Å². The van der Waals surface area contributed by atoms with E-state index >= 15 is 0 Å². The Morgan fingerprint density at radius 2 is 1.54 bits per heavy atom. The van der Waals surface area contributed by atoms with E-state index in [2.05, 4.69) is 10.6 Å². The second kappa shape index (κ2) is 7.27. The van der Waals surface area contributed by atoms with Gasteiger partial charge in [0.15, 0.2) is 5.78 Å². The van der Waals surface area contributed by atoms with Crippen molar-refractivity contribution in [1.29, 1.82) is 0 Å². The van der Waals surface area contributed by atoms with E-state index in [1.54, 1.807) is 19.1 Å². The van der Waals surface area contributed by atoms with Crippen molar-refractivity contribution in [2.24, 2.45) is 0 Å². The molecule has 5 nitrogen and oxygen atoms in total. The molecule has 1 amide bonds. The third-order valence-electron chi connectivity index (χ3n) is 3.95. The summed E-state index contributed by atoms with van der Waals surface area (Å²) in [6, 6.07) is 14.8. The number of hydrogen-bond donors (Lipinski definition) is 2. The van der Waals surface area contributed by atoms with Gasteiger partial charge < -0.3 is 15.4 Å². The van der Waals surface area contributed by atoms with Crippen LogP contribution in [0.15, 0.2) is 48.5 Å². The first kappa shape index (κ1) is 16.2. The average molecular weight is 324 g/mol. The van der Waals surface area contributed by atoms with Crippen molar-refractivity contribution in [3.63, 3.8) is 0 Å². The van der Waals surface area contributed by atoms with Gasteiger partial charge in [0.2, 0.25) is 0 Å². The van der Waals surface area contributed by atoms with Gasteiger partial charge in [0, 0.05) is 29.2 Å². The zero-order valence-corrected chi connectivity index (χ0v) is 13.5. The van der Waals surface area contributed by atoms with Gasteiger partial charge in [0.1, 0.15) is 6.10 Å². The highest BCUT2D eigenvalue weighted by atomic mass is 16.5. The predicted molar refractivity (Wildman–Crippen MR) is 93.8 cm³/mol. The summed E-state index contributed by atoms with van der Waals surface area (Å²) in [6.07, 6.45) is 1.38. The Morgan fingerprint density at radius 1 is 0.958 bits per heavy atom. The van der Waals surface area contributed by atoms with Gasteiger partial charge >= 0.3 is 0 Å². The molecule has 2 aromatic carbocycles. The van der Waals surface area contributed by atoms with Crippen LogP contribution < -0.4 is 10.6 Å². The molecule has 24 heavy (non-hydrogen) atoms. The topological polar surface area (TPSA) is 67.4 Å². The largest absolute Gasteiger partial charge is 0.368 e. The highest BCUT2D eigenvalue weighted by Gasteiger charge is 2.23. The van der Waals surface area contributed by atoms with Crippen molar-refractivity contribution in [2.75, 3.05) is 17.2 Å². The Kier molecular flexibility index (Phi) is 4.91. The fraction of sp³-hybridized carbons (Fsp3) is 0.263. The van der Waals surface area contributed by atoms with Gasteiger partial charge in [-0.15, -0.1) is 0 Å². The lowest BCUT2D eigenvalue weighted by atomic mass is 10.1. The highest BCUT2D eigenvalue weighted by molar-refractivity contribution is 5.95. The van der Waals surface area contributed by atoms with E-state index < -0.39 is 0 Å². The van der Waals surface area contributed by atoms with Gasteiger partial charge in [-0.3, -0.25) is 9.59 Å². The minimum atomic E-state index is -0.331. The maximum atomic E-state index is 12.0.